The highest BCUT2D eigenvalue weighted by Gasteiger charge is 2.53. The number of aliphatic hydroxyl groups excluding tert-OH is 1. The van der Waals surface area contributed by atoms with Crippen molar-refractivity contribution >= 4 is 47.7 Å². The Hall–Kier alpha value is -2.49. The van der Waals surface area contributed by atoms with E-state index in [0.29, 0.717) is 0 Å². The Kier molecular flexibility index (Phi) is 6.96. The maximum Gasteiger partial charge on any atom is 0.326 e. The molecule has 3 amide bonds. The average molecular weight is 531 g/mol. The first kappa shape index (κ1) is 25.6. The van der Waals surface area contributed by atoms with Gasteiger partial charge >= 0.3 is 6.03 Å². The number of fused-ring (bicyclic) bond motifs is 1. The number of nitrogens with zero attached hydrogens (tertiary/aromatic N) is 6. The number of carbonyl (C=O) groups excluding carboxylic acids is 2. The van der Waals surface area contributed by atoms with Crippen LogP contribution in [0.1, 0.15) is 13.2 Å². The second kappa shape index (κ2) is 9.52. The van der Waals surface area contributed by atoms with Crippen molar-refractivity contribution in [3.05, 3.63) is 6.33 Å². The summed E-state index contributed by atoms with van der Waals surface area (Å²) in [6, 6.07) is -1.18. The lowest BCUT2D eigenvalue weighted by atomic mass is 9.96. The van der Waals surface area contributed by atoms with Crippen LogP contribution in [-0.4, -0.2) is 109 Å². The fourth-order valence-corrected chi connectivity index (χ4v) is 6.35. The number of aliphatic hydroxyl groups is 2. The van der Waals surface area contributed by atoms with Crippen LogP contribution in [0, 0.1) is 0 Å². The van der Waals surface area contributed by atoms with E-state index in [0.717, 1.165) is 16.3 Å². The topological polar surface area (TPSA) is 195 Å². The van der Waals surface area contributed by atoms with Crippen molar-refractivity contribution in [1.82, 2.24) is 29.3 Å². The third-order valence-electron chi connectivity index (χ3n) is 6.00. The highest BCUT2D eigenvalue weighted by atomic mass is 32.7. The van der Waals surface area contributed by atoms with Gasteiger partial charge in [-0.3, -0.25) is 18.8 Å². The summed E-state index contributed by atoms with van der Waals surface area (Å²) in [5.41, 5.74) is 4.46. The number of amides is 3. The largest absolute Gasteiger partial charge is 0.479 e. The molecule has 4 heterocycles. The van der Waals surface area contributed by atoms with Crippen molar-refractivity contribution in [2.24, 2.45) is 0 Å². The molecule has 0 radical (unpaired) electrons. The predicted molar refractivity (Wildman–Crippen MR) is 124 cm³/mol. The second-order valence-electron chi connectivity index (χ2n) is 8.29. The molecule has 0 spiro atoms. The van der Waals surface area contributed by atoms with Gasteiger partial charge in [0.25, 0.3) is 5.91 Å². The quantitative estimate of drug-likeness (QED) is 0.290. The van der Waals surface area contributed by atoms with Crippen LogP contribution in [0.2, 0.25) is 0 Å². The first-order chi connectivity index (χ1) is 16.5. The Morgan fingerprint density at radius 3 is 2.69 bits per heavy atom. The Morgan fingerprint density at radius 2 is 2.06 bits per heavy atom. The lowest BCUT2D eigenvalue weighted by Gasteiger charge is -2.27. The van der Waals surface area contributed by atoms with Gasteiger partial charge in [-0.25, -0.2) is 9.78 Å². The number of ether oxygens (including phenoxy) is 2. The van der Waals surface area contributed by atoms with E-state index in [4.69, 9.17) is 19.7 Å². The predicted octanol–water partition coefficient (Wildman–Crippen LogP) is -0.542. The van der Waals surface area contributed by atoms with E-state index in [1.807, 2.05) is 0 Å². The molecule has 6 atom stereocenters. The lowest BCUT2D eigenvalue weighted by Crippen LogP contribution is -2.44. The van der Waals surface area contributed by atoms with Crippen molar-refractivity contribution in [2.75, 3.05) is 39.3 Å². The summed E-state index contributed by atoms with van der Waals surface area (Å²) in [5, 5.41) is 21.7. The number of imidazole rings is 1. The van der Waals surface area contributed by atoms with E-state index in [1.54, 1.807) is 0 Å². The molecule has 192 valence electrons. The molecule has 0 aromatic carbocycles. The van der Waals surface area contributed by atoms with E-state index >= 15 is 0 Å². The highest BCUT2D eigenvalue weighted by molar-refractivity contribution is 8.50. The molecule has 0 bridgehead atoms. The fourth-order valence-electron chi connectivity index (χ4n) is 3.97. The number of likely N-dealkylation sites (N-methyl/N-ethyl adjacent to an activating group) is 2. The molecule has 2 aliphatic rings. The molecular formula is C18H26N7O8PS. The van der Waals surface area contributed by atoms with Crippen LogP contribution in [0.15, 0.2) is 6.33 Å². The van der Waals surface area contributed by atoms with Gasteiger partial charge < -0.3 is 34.8 Å². The molecule has 0 saturated carbocycles. The zero-order valence-corrected chi connectivity index (χ0v) is 21.1. The van der Waals surface area contributed by atoms with Crippen LogP contribution in [0.4, 0.5) is 10.7 Å². The monoisotopic (exact) mass is 531 g/mol. The molecule has 2 aromatic heterocycles. The van der Waals surface area contributed by atoms with Gasteiger partial charge in [0.1, 0.15) is 23.9 Å². The van der Waals surface area contributed by atoms with Gasteiger partial charge in [0.05, 0.1) is 20.0 Å². The molecule has 35 heavy (non-hydrogen) atoms. The number of hydrogen-bond donors (Lipinski definition) is 3. The van der Waals surface area contributed by atoms with Crippen molar-refractivity contribution in [1.29, 1.82) is 0 Å². The lowest BCUT2D eigenvalue weighted by molar-refractivity contribution is -0.126. The van der Waals surface area contributed by atoms with E-state index < -0.39 is 43.3 Å². The minimum Gasteiger partial charge on any atom is -0.479 e. The third kappa shape index (κ3) is 4.45. The third-order valence-corrected chi connectivity index (χ3v) is 8.68. The normalized spacial score (nSPS) is 30.0. The van der Waals surface area contributed by atoms with E-state index in [9.17, 15) is 24.4 Å². The van der Waals surface area contributed by atoms with Gasteiger partial charge in [-0.2, -0.15) is 9.97 Å². The van der Waals surface area contributed by atoms with Crippen LogP contribution in [0.5, 0.6) is 5.88 Å². The maximum atomic E-state index is 12.4. The number of aromatic nitrogens is 4. The van der Waals surface area contributed by atoms with E-state index in [-0.39, 0.29) is 41.3 Å². The van der Waals surface area contributed by atoms with Crippen molar-refractivity contribution in [3.63, 3.8) is 0 Å². The Balaban J connectivity index is 1.41. The minimum atomic E-state index is -2.71. The number of rotatable bonds is 8. The Labute approximate surface area is 204 Å². The summed E-state index contributed by atoms with van der Waals surface area (Å²) in [6.07, 6.45) is -2.22. The number of anilines is 1. The molecule has 0 aliphatic carbocycles. The summed E-state index contributed by atoms with van der Waals surface area (Å²) < 4.78 is 30.2. The summed E-state index contributed by atoms with van der Waals surface area (Å²) in [7, 11) is 1.56. The SMILES string of the molecule is COc1nc(N)nc2c1ncn2[C@@H]1O[C@H](CO[PH](=O)SCC2C(=O)N(C)C(=O)N2C)[C@@H](O)[C@@]1(C)O. The summed E-state index contributed by atoms with van der Waals surface area (Å²) in [6.45, 7) is 1.09. The number of urea groups is 1. The molecule has 2 aliphatic heterocycles. The first-order valence-corrected chi connectivity index (χ1v) is 13.4. The highest BCUT2D eigenvalue weighted by Crippen LogP contribution is 2.44. The second-order valence-corrected chi connectivity index (χ2v) is 11.6. The maximum absolute atomic E-state index is 12.4. The number of nitrogen functional groups attached to an aromatic ring is 1. The number of nitrogens with two attached hydrogens (primary N) is 1. The van der Waals surface area contributed by atoms with Gasteiger partial charge in [0, 0.05) is 19.8 Å². The van der Waals surface area contributed by atoms with Gasteiger partial charge in [0.15, 0.2) is 17.4 Å². The molecule has 17 heteroatoms. The summed E-state index contributed by atoms with van der Waals surface area (Å²) in [4.78, 5) is 38.6. The van der Waals surface area contributed by atoms with Crippen LogP contribution >= 0.6 is 18.6 Å². The standard InChI is InChI=1S/C18H26N7O8PS/c1-18(29)11(26)9(5-32-34(30)35-6-8-14(27)24(3)17(28)23(8)2)33-15(18)25-7-20-10-12(25)21-16(19)22-13(10)31-4/h7-9,11,15,26,29,34H,5-6H2,1-4H3,(H2,19,21,22)/t8?,9-,11-,15-,18-/m1/s1. The van der Waals surface area contributed by atoms with Crippen LogP contribution in [-0.2, 0) is 18.6 Å². The minimum absolute atomic E-state index is 0.0796. The van der Waals surface area contributed by atoms with E-state index in [2.05, 4.69) is 15.0 Å². The average Bonchev–Trinajstić information content (AvgIpc) is 3.39. The van der Waals surface area contributed by atoms with Crippen molar-refractivity contribution in [3.8, 4) is 5.88 Å². The zero-order chi connectivity index (χ0) is 25.7. The molecule has 4 rings (SSSR count). The molecule has 4 N–H and O–H groups in total. The molecule has 2 saturated heterocycles. The molecule has 2 unspecified atom stereocenters. The van der Waals surface area contributed by atoms with Crippen molar-refractivity contribution in [2.45, 2.75) is 37.0 Å². The van der Waals surface area contributed by atoms with Gasteiger partial charge in [-0.1, -0.05) is 11.4 Å². The number of imide groups is 1. The molecule has 2 fully saturated rings. The zero-order valence-electron chi connectivity index (χ0n) is 19.3. The fraction of sp³-hybridized carbons (Fsp3) is 0.611. The van der Waals surface area contributed by atoms with Gasteiger partial charge in [0.2, 0.25) is 19.1 Å². The van der Waals surface area contributed by atoms with E-state index in [1.165, 1.54) is 43.9 Å². The van der Waals surface area contributed by atoms with Crippen LogP contribution < -0.4 is 10.5 Å². The van der Waals surface area contributed by atoms with Crippen LogP contribution in [0.25, 0.3) is 11.2 Å². The molecule has 15 nitrogen and oxygen atoms in total. The summed E-state index contributed by atoms with van der Waals surface area (Å²) in [5.74, 6) is -0.244. The Bertz CT molecular complexity index is 1180. The molecular weight excluding hydrogens is 505 g/mol. The number of carbonyl (C=O) groups is 2. The number of methoxy groups -OCH3 is 1. The van der Waals surface area contributed by atoms with Crippen molar-refractivity contribution < 1.29 is 38.4 Å². The Morgan fingerprint density at radius 1 is 1.34 bits per heavy atom. The van der Waals surface area contributed by atoms with Gasteiger partial charge in [-0.15, -0.1) is 0 Å². The first-order valence-electron chi connectivity index (χ1n) is 10.4. The van der Waals surface area contributed by atoms with Crippen LogP contribution in [0.3, 0.4) is 0 Å². The summed E-state index contributed by atoms with van der Waals surface area (Å²) >= 11 is 0.899. The number of hydrogen-bond acceptors (Lipinski definition) is 13. The smallest absolute Gasteiger partial charge is 0.326 e. The molecule has 2 aromatic rings. The van der Waals surface area contributed by atoms with Gasteiger partial charge in [-0.05, 0) is 6.92 Å².